The first kappa shape index (κ1) is 31.4. The topological polar surface area (TPSA) is 111 Å². The Morgan fingerprint density at radius 1 is 1.00 bits per heavy atom. The molecule has 1 unspecified atom stereocenters. The standard InChI is InChI=1S/C32H30ClN3O6S2/c1-4-5-16-42-23-13-8-20(9-14-23)28(37)26-27(21-10-15-24(40-2)25(17-21)41-3)36(30(39)29(26)38)31-34-35-32(44-31)43-18-19-6-11-22(33)12-7-19/h6-15,17,27,37H,4-5,16,18H2,1-3H3. The van der Waals surface area contributed by atoms with Gasteiger partial charge in [-0.2, -0.15) is 0 Å². The monoisotopic (exact) mass is 651 g/mol. The second-order valence-electron chi connectivity index (χ2n) is 9.78. The summed E-state index contributed by atoms with van der Waals surface area (Å²) in [6.07, 6.45) is 1.93. The third-order valence-corrected chi connectivity index (χ3v) is 9.32. The van der Waals surface area contributed by atoms with Gasteiger partial charge in [-0.05, 0) is 66.1 Å². The van der Waals surface area contributed by atoms with Crippen molar-refractivity contribution in [3.8, 4) is 17.2 Å². The first-order valence-corrected chi connectivity index (χ1v) is 16.0. The number of benzene rings is 3. The van der Waals surface area contributed by atoms with Crippen LogP contribution in [0.1, 0.15) is 42.5 Å². The summed E-state index contributed by atoms with van der Waals surface area (Å²) in [6.45, 7) is 2.66. The Kier molecular flexibility index (Phi) is 10.1. The van der Waals surface area contributed by atoms with E-state index in [2.05, 4.69) is 17.1 Å². The Bertz CT molecular complexity index is 1670. The van der Waals surface area contributed by atoms with E-state index in [4.69, 9.17) is 25.8 Å². The normalized spacial score (nSPS) is 15.9. The Hall–Kier alpha value is -4.06. The zero-order valence-corrected chi connectivity index (χ0v) is 26.7. The lowest BCUT2D eigenvalue weighted by molar-refractivity contribution is -0.132. The van der Waals surface area contributed by atoms with Crippen molar-refractivity contribution in [2.75, 3.05) is 25.7 Å². The maximum Gasteiger partial charge on any atom is 0.301 e. The van der Waals surface area contributed by atoms with Crippen LogP contribution in [-0.2, 0) is 15.3 Å². The Labute approximate surface area is 268 Å². The number of aliphatic hydroxyl groups excluding tert-OH is 1. The second-order valence-corrected chi connectivity index (χ2v) is 12.4. The van der Waals surface area contributed by atoms with Crippen molar-refractivity contribution in [2.45, 2.75) is 35.9 Å². The van der Waals surface area contributed by atoms with Crippen LogP contribution in [0.4, 0.5) is 5.13 Å². The average molecular weight is 652 g/mol. The van der Waals surface area contributed by atoms with E-state index in [0.29, 0.717) is 50.1 Å². The highest BCUT2D eigenvalue weighted by Gasteiger charge is 2.48. The lowest BCUT2D eigenvalue weighted by Gasteiger charge is -2.23. The molecule has 1 aromatic heterocycles. The zero-order valence-electron chi connectivity index (χ0n) is 24.3. The molecule has 4 aromatic rings. The van der Waals surface area contributed by atoms with Crippen LogP contribution in [0.5, 0.6) is 17.2 Å². The molecule has 0 spiro atoms. The van der Waals surface area contributed by atoms with Crippen molar-refractivity contribution >= 4 is 57.3 Å². The number of aromatic nitrogens is 2. The van der Waals surface area contributed by atoms with Crippen LogP contribution in [0.25, 0.3) is 5.76 Å². The molecule has 5 rings (SSSR count). The lowest BCUT2D eigenvalue weighted by Crippen LogP contribution is -2.29. The van der Waals surface area contributed by atoms with E-state index in [1.807, 2.05) is 24.3 Å². The van der Waals surface area contributed by atoms with Crippen LogP contribution in [0.3, 0.4) is 0 Å². The summed E-state index contributed by atoms with van der Waals surface area (Å²) in [5.41, 5.74) is 1.86. The molecule has 1 aliphatic rings. The molecule has 0 bridgehead atoms. The number of thioether (sulfide) groups is 1. The number of halogens is 1. The summed E-state index contributed by atoms with van der Waals surface area (Å²) < 4.78 is 17.3. The van der Waals surface area contributed by atoms with Gasteiger partial charge in [0.1, 0.15) is 11.5 Å². The summed E-state index contributed by atoms with van der Waals surface area (Å²) in [7, 11) is 3.02. The molecule has 1 fully saturated rings. The first-order chi connectivity index (χ1) is 21.3. The van der Waals surface area contributed by atoms with Gasteiger partial charge >= 0.3 is 5.91 Å². The zero-order chi connectivity index (χ0) is 31.2. The highest BCUT2D eigenvalue weighted by Crippen LogP contribution is 2.45. The molecular weight excluding hydrogens is 622 g/mol. The molecule has 1 N–H and O–H groups in total. The van der Waals surface area contributed by atoms with Gasteiger partial charge in [-0.1, -0.05) is 66.2 Å². The summed E-state index contributed by atoms with van der Waals surface area (Å²) in [5.74, 6) is 0.163. The van der Waals surface area contributed by atoms with Crippen molar-refractivity contribution in [1.82, 2.24) is 10.2 Å². The van der Waals surface area contributed by atoms with Gasteiger partial charge in [-0.15, -0.1) is 10.2 Å². The van der Waals surface area contributed by atoms with Crippen molar-refractivity contribution in [3.63, 3.8) is 0 Å². The molecule has 44 heavy (non-hydrogen) atoms. The molecule has 1 saturated heterocycles. The maximum atomic E-state index is 13.6. The number of amides is 1. The molecule has 0 radical (unpaired) electrons. The molecule has 0 aliphatic carbocycles. The number of ether oxygens (including phenoxy) is 3. The molecule has 1 atom stereocenters. The van der Waals surface area contributed by atoms with Crippen LogP contribution in [0, 0.1) is 0 Å². The van der Waals surface area contributed by atoms with E-state index in [-0.39, 0.29) is 16.5 Å². The average Bonchev–Trinajstić information content (AvgIpc) is 3.62. The summed E-state index contributed by atoms with van der Waals surface area (Å²) in [4.78, 5) is 28.5. The third kappa shape index (κ3) is 6.69. The Morgan fingerprint density at radius 2 is 1.73 bits per heavy atom. The van der Waals surface area contributed by atoms with E-state index in [1.165, 1.54) is 42.2 Å². The molecule has 228 valence electrons. The van der Waals surface area contributed by atoms with Crippen molar-refractivity contribution in [1.29, 1.82) is 0 Å². The van der Waals surface area contributed by atoms with Crippen LogP contribution in [-0.4, -0.2) is 47.8 Å². The fourth-order valence-electron chi connectivity index (χ4n) is 4.65. The number of carbonyl (C=O) groups is 2. The van der Waals surface area contributed by atoms with Crippen LogP contribution < -0.4 is 19.1 Å². The van der Waals surface area contributed by atoms with Gasteiger partial charge in [0.2, 0.25) is 5.13 Å². The minimum atomic E-state index is -1.00. The summed E-state index contributed by atoms with van der Waals surface area (Å²) >= 11 is 8.64. The number of hydrogen-bond donors (Lipinski definition) is 1. The molecule has 12 heteroatoms. The van der Waals surface area contributed by atoms with Crippen LogP contribution in [0.15, 0.2) is 76.6 Å². The van der Waals surface area contributed by atoms with Gasteiger partial charge < -0.3 is 19.3 Å². The number of ketones is 1. The quantitative estimate of drug-likeness (QED) is 0.0421. The lowest BCUT2D eigenvalue weighted by atomic mass is 9.95. The van der Waals surface area contributed by atoms with E-state index < -0.39 is 17.7 Å². The fraction of sp³-hybridized carbons (Fsp3) is 0.250. The van der Waals surface area contributed by atoms with E-state index >= 15 is 0 Å². The number of aliphatic hydroxyl groups is 1. The molecule has 3 aromatic carbocycles. The van der Waals surface area contributed by atoms with Gasteiger partial charge in [0.25, 0.3) is 5.78 Å². The minimum absolute atomic E-state index is 0.0764. The maximum absolute atomic E-state index is 13.6. The second kappa shape index (κ2) is 14.1. The number of hydrogen-bond acceptors (Lipinski definition) is 10. The number of anilines is 1. The van der Waals surface area contributed by atoms with Crippen molar-refractivity contribution in [2.24, 2.45) is 0 Å². The van der Waals surface area contributed by atoms with Crippen molar-refractivity contribution < 1.29 is 28.9 Å². The van der Waals surface area contributed by atoms with Gasteiger partial charge in [-0.3, -0.25) is 14.5 Å². The molecule has 2 heterocycles. The molecule has 1 amide bonds. The minimum Gasteiger partial charge on any atom is -0.507 e. The van der Waals surface area contributed by atoms with Crippen LogP contribution >= 0.6 is 34.7 Å². The van der Waals surface area contributed by atoms with E-state index in [0.717, 1.165) is 18.4 Å². The third-order valence-electron chi connectivity index (χ3n) is 6.94. The van der Waals surface area contributed by atoms with Gasteiger partial charge in [0, 0.05) is 16.3 Å². The van der Waals surface area contributed by atoms with E-state index in [9.17, 15) is 14.7 Å². The van der Waals surface area contributed by atoms with Crippen molar-refractivity contribution in [3.05, 3.63) is 94.0 Å². The predicted octanol–water partition coefficient (Wildman–Crippen LogP) is 7.31. The number of unbranched alkanes of at least 4 members (excludes halogenated alkanes) is 1. The SMILES string of the molecule is CCCCOc1ccc(C(O)=C2C(=O)C(=O)N(c3nnc(SCc4ccc(Cl)cc4)s3)C2c2ccc(OC)c(OC)c2)cc1. The fourth-order valence-corrected chi connectivity index (χ4v) is 6.60. The number of methoxy groups -OCH3 is 2. The number of Topliss-reactive ketones (excluding diaryl/α,β-unsaturated/α-hetero) is 1. The van der Waals surface area contributed by atoms with E-state index in [1.54, 1.807) is 42.5 Å². The predicted molar refractivity (Wildman–Crippen MR) is 172 cm³/mol. The number of rotatable bonds is 12. The number of carbonyl (C=O) groups excluding carboxylic acids is 2. The Morgan fingerprint density at radius 3 is 2.41 bits per heavy atom. The number of nitrogens with zero attached hydrogens (tertiary/aromatic N) is 3. The molecule has 1 aliphatic heterocycles. The largest absolute Gasteiger partial charge is 0.507 e. The van der Waals surface area contributed by atoms with Gasteiger partial charge in [0.05, 0.1) is 32.4 Å². The van der Waals surface area contributed by atoms with Gasteiger partial charge in [-0.25, -0.2) is 0 Å². The van der Waals surface area contributed by atoms with Crippen LogP contribution in [0.2, 0.25) is 5.02 Å². The Balaban J connectivity index is 1.53. The first-order valence-electron chi connectivity index (χ1n) is 13.8. The molecular formula is C32H30ClN3O6S2. The smallest absolute Gasteiger partial charge is 0.301 e. The summed E-state index contributed by atoms with van der Waals surface area (Å²) in [5, 5.41) is 20.9. The highest BCUT2D eigenvalue weighted by atomic mass is 35.5. The molecule has 0 saturated carbocycles. The summed E-state index contributed by atoms with van der Waals surface area (Å²) in [6, 6.07) is 18.3. The highest BCUT2D eigenvalue weighted by molar-refractivity contribution is 8.00. The van der Waals surface area contributed by atoms with Gasteiger partial charge in [0.15, 0.2) is 15.8 Å². The molecule has 9 nitrogen and oxygen atoms in total.